The van der Waals surface area contributed by atoms with Gasteiger partial charge in [0.15, 0.2) is 0 Å². The minimum atomic E-state index is -4.52. The normalized spacial score (nSPS) is 20.0. The van der Waals surface area contributed by atoms with Gasteiger partial charge in [-0.25, -0.2) is 4.79 Å². The summed E-state index contributed by atoms with van der Waals surface area (Å²) in [5, 5.41) is 0. The van der Waals surface area contributed by atoms with Crippen molar-refractivity contribution in [2.75, 3.05) is 19.6 Å². The van der Waals surface area contributed by atoms with Crippen molar-refractivity contribution >= 4 is 40.5 Å². The zero-order chi connectivity index (χ0) is 27.6. The molecule has 2 aliphatic heterocycles. The van der Waals surface area contributed by atoms with Crippen LogP contribution in [0.5, 0.6) is 0 Å². The Bertz CT molecular complexity index is 1230. The van der Waals surface area contributed by atoms with Gasteiger partial charge in [0.2, 0.25) is 11.8 Å². The van der Waals surface area contributed by atoms with Gasteiger partial charge in [0.25, 0.3) is 0 Å². The van der Waals surface area contributed by atoms with Gasteiger partial charge in [-0.1, -0.05) is 23.8 Å². The first-order valence-corrected chi connectivity index (χ1v) is 13.2. The second kappa shape index (κ2) is 11.5. The highest BCUT2D eigenvalue weighted by molar-refractivity contribution is 14.1. The van der Waals surface area contributed by atoms with Crippen LogP contribution in [0.1, 0.15) is 35.1 Å². The predicted molar refractivity (Wildman–Crippen MR) is 140 cm³/mol. The number of nitrogens with two attached hydrogens (primary N) is 1. The van der Waals surface area contributed by atoms with Crippen LogP contribution in [0, 0.1) is 10.5 Å². The van der Waals surface area contributed by atoms with Crippen molar-refractivity contribution in [2.24, 2.45) is 5.73 Å². The van der Waals surface area contributed by atoms with E-state index in [9.17, 15) is 27.6 Å². The fraction of sp³-hybridized carbons (Fsp3) is 0.423. The van der Waals surface area contributed by atoms with Crippen molar-refractivity contribution in [1.82, 2.24) is 14.7 Å². The molecule has 204 valence electrons. The molecule has 2 saturated heterocycles. The molecule has 0 unspecified atom stereocenters. The fourth-order valence-electron chi connectivity index (χ4n) is 4.96. The Kier molecular flexibility index (Phi) is 8.50. The quantitative estimate of drug-likeness (QED) is 0.482. The molecule has 8 nitrogen and oxygen atoms in total. The Morgan fingerprint density at radius 1 is 1.16 bits per heavy atom. The lowest BCUT2D eigenvalue weighted by molar-refractivity contribution is -0.168. The van der Waals surface area contributed by atoms with E-state index in [1.165, 1.54) is 22.8 Å². The highest BCUT2D eigenvalue weighted by Gasteiger charge is 2.48. The Labute approximate surface area is 232 Å². The third-order valence-corrected chi connectivity index (χ3v) is 7.29. The fourth-order valence-corrected chi connectivity index (χ4v) is 5.57. The first kappa shape index (κ1) is 28.1. The standard InChI is InChI=1S/C26H28F3IN4O4/c1-16-9-18(11-19(10-16)26(27,28)29)15-38-25(37)33-8-6-23(35)34-21(5-7-31)24(36)32(14-22(33)34)13-17-3-2-4-20(30)12-17/h2-4,9-12,21-22H,5-8,13-15,31H2,1H3/t21-,22+/m0/s1. The van der Waals surface area contributed by atoms with E-state index < -0.39 is 30.0 Å². The predicted octanol–water partition coefficient (Wildman–Crippen LogP) is 3.88. The van der Waals surface area contributed by atoms with Gasteiger partial charge < -0.3 is 20.3 Å². The second-order valence-corrected chi connectivity index (χ2v) is 10.7. The van der Waals surface area contributed by atoms with Gasteiger partial charge in [-0.2, -0.15) is 13.2 Å². The number of hydrogen-bond donors (Lipinski definition) is 1. The molecule has 2 fully saturated rings. The minimum Gasteiger partial charge on any atom is -0.444 e. The van der Waals surface area contributed by atoms with E-state index in [0.717, 1.165) is 21.3 Å². The molecule has 2 aliphatic rings. The van der Waals surface area contributed by atoms with Crippen molar-refractivity contribution in [3.8, 4) is 0 Å². The molecule has 0 saturated carbocycles. The van der Waals surface area contributed by atoms with Crippen LogP contribution in [0.2, 0.25) is 0 Å². The van der Waals surface area contributed by atoms with Crippen LogP contribution < -0.4 is 5.73 Å². The molecule has 2 aromatic carbocycles. The van der Waals surface area contributed by atoms with E-state index in [4.69, 9.17) is 10.5 Å². The van der Waals surface area contributed by atoms with Crippen LogP contribution in [-0.4, -0.2) is 64.4 Å². The number of rotatable bonds is 6. The number of ether oxygens (including phenoxy) is 1. The average molecular weight is 644 g/mol. The van der Waals surface area contributed by atoms with Gasteiger partial charge in [-0.15, -0.1) is 0 Å². The molecule has 4 rings (SSSR count). The minimum absolute atomic E-state index is 0.000497. The van der Waals surface area contributed by atoms with Crippen LogP contribution in [0.4, 0.5) is 18.0 Å². The third-order valence-electron chi connectivity index (χ3n) is 6.62. The van der Waals surface area contributed by atoms with Gasteiger partial charge in [0.1, 0.15) is 18.8 Å². The summed E-state index contributed by atoms with van der Waals surface area (Å²) in [5.41, 5.74) is 6.45. The number of carbonyl (C=O) groups excluding carboxylic acids is 3. The number of halogens is 4. The molecular formula is C26H28F3IN4O4. The first-order chi connectivity index (χ1) is 18.0. The summed E-state index contributed by atoms with van der Waals surface area (Å²) in [6, 6.07) is 10.3. The number of carbonyl (C=O) groups is 3. The Hall–Kier alpha value is -2.87. The number of benzene rings is 2. The van der Waals surface area contributed by atoms with E-state index in [1.54, 1.807) is 4.90 Å². The molecule has 0 aromatic heterocycles. The molecule has 0 radical (unpaired) electrons. The van der Waals surface area contributed by atoms with E-state index in [1.807, 2.05) is 24.3 Å². The van der Waals surface area contributed by atoms with Crippen LogP contribution in [0.3, 0.4) is 0 Å². The Morgan fingerprint density at radius 3 is 2.61 bits per heavy atom. The lowest BCUT2D eigenvalue weighted by atomic mass is 10.0. The summed E-state index contributed by atoms with van der Waals surface area (Å²) in [7, 11) is 0. The molecule has 2 atom stereocenters. The van der Waals surface area contributed by atoms with Crippen LogP contribution in [0.25, 0.3) is 0 Å². The highest BCUT2D eigenvalue weighted by atomic mass is 127. The van der Waals surface area contributed by atoms with Crippen molar-refractivity contribution in [3.63, 3.8) is 0 Å². The van der Waals surface area contributed by atoms with Crippen molar-refractivity contribution in [2.45, 2.75) is 51.3 Å². The summed E-state index contributed by atoms with van der Waals surface area (Å²) >= 11 is 2.18. The molecule has 0 spiro atoms. The molecule has 2 heterocycles. The molecule has 2 aromatic rings. The number of amides is 3. The number of alkyl halides is 3. The zero-order valence-electron chi connectivity index (χ0n) is 20.7. The van der Waals surface area contributed by atoms with Gasteiger partial charge >= 0.3 is 12.3 Å². The molecule has 3 amide bonds. The topological polar surface area (TPSA) is 96.2 Å². The van der Waals surface area contributed by atoms with E-state index in [0.29, 0.717) is 12.1 Å². The van der Waals surface area contributed by atoms with E-state index in [-0.39, 0.29) is 56.5 Å². The Morgan fingerprint density at radius 2 is 1.92 bits per heavy atom. The van der Waals surface area contributed by atoms with Crippen LogP contribution in [-0.2, 0) is 33.7 Å². The molecule has 12 heteroatoms. The maximum Gasteiger partial charge on any atom is 0.416 e. The summed E-state index contributed by atoms with van der Waals surface area (Å²) < 4.78 is 46.1. The summed E-state index contributed by atoms with van der Waals surface area (Å²) in [4.78, 5) is 43.9. The molecule has 38 heavy (non-hydrogen) atoms. The molecule has 2 N–H and O–H groups in total. The zero-order valence-corrected chi connectivity index (χ0v) is 22.9. The third kappa shape index (κ3) is 6.22. The lowest BCUT2D eigenvalue weighted by Gasteiger charge is -2.51. The number of nitrogens with zero attached hydrogens (tertiary/aromatic N) is 3. The van der Waals surface area contributed by atoms with Gasteiger partial charge in [-0.3, -0.25) is 14.5 Å². The summed E-state index contributed by atoms with van der Waals surface area (Å²) in [6.07, 6.45) is -5.83. The summed E-state index contributed by atoms with van der Waals surface area (Å²) in [5.74, 6) is -0.498. The van der Waals surface area contributed by atoms with Crippen LogP contribution >= 0.6 is 22.6 Å². The average Bonchev–Trinajstić information content (AvgIpc) is 2.84. The van der Waals surface area contributed by atoms with Crippen molar-refractivity contribution in [1.29, 1.82) is 0 Å². The van der Waals surface area contributed by atoms with E-state index in [2.05, 4.69) is 22.6 Å². The number of piperazine rings is 1. The van der Waals surface area contributed by atoms with E-state index >= 15 is 0 Å². The number of fused-ring (bicyclic) bond motifs is 1. The largest absolute Gasteiger partial charge is 0.444 e. The van der Waals surface area contributed by atoms with Crippen LogP contribution in [0.15, 0.2) is 42.5 Å². The van der Waals surface area contributed by atoms with Crippen molar-refractivity contribution < 1.29 is 32.3 Å². The second-order valence-electron chi connectivity index (χ2n) is 9.43. The lowest BCUT2D eigenvalue weighted by Crippen LogP contribution is -2.71. The number of hydrogen-bond acceptors (Lipinski definition) is 5. The smallest absolute Gasteiger partial charge is 0.416 e. The maximum atomic E-state index is 13.4. The maximum absolute atomic E-state index is 13.4. The Balaban J connectivity index is 1.55. The van der Waals surface area contributed by atoms with Crippen molar-refractivity contribution in [3.05, 3.63) is 68.3 Å². The summed E-state index contributed by atoms with van der Waals surface area (Å²) in [6.45, 7) is 1.78. The first-order valence-electron chi connectivity index (χ1n) is 12.1. The SMILES string of the molecule is Cc1cc(COC(=O)N2CCC(=O)N3[C@@H]2CN(Cc2cccc(I)c2)C(=O)[C@@H]3CCN)cc(C(F)(F)F)c1. The highest BCUT2D eigenvalue weighted by Crippen LogP contribution is 2.32. The monoisotopic (exact) mass is 644 g/mol. The van der Waals surface area contributed by atoms with Gasteiger partial charge in [-0.05, 0) is 77.9 Å². The molecule has 0 aliphatic carbocycles. The van der Waals surface area contributed by atoms with Gasteiger partial charge in [0, 0.05) is 23.1 Å². The van der Waals surface area contributed by atoms with Gasteiger partial charge in [0.05, 0.1) is 12.1 Å². The molecule has 0 bridgehead atoms. The number of aryl methyl sites for hydroxylation is 1. The molecular weight excluding hydrogens is 616 g/mol.